The van der Waals surface area contributed by atoms with Gasteiger partial charge in [-0.05, 0) is 50.2 Å². The second-order valence-electron chi connectivity index (χ2n) is 4.70. The molecule has 1 aromatic rings. The van der Waals surface area contributed by atoms with Gasteiger partial charge in [-0.25, -0.2) is 0 Å². The summed E-state index contributed by atoms with van der Waals surface area (Å²) in [6, 6.07) is 4.04. The van der Waals surface area contributed by atoms with E-state index in [0.29, 0.717) is 11.7 Å². The molecule has 0 bridgehead atoms. The van der Waals surface area contributed by atoms with Crippen molar-refractivity contribution in [3.63, 3.8) is 0 Å². The third-order valence-electron chi connectivity index (χ3n) is 3.60. The summed E-state index contributed by atoms with van der Waals surface area (Å²) in [5, 5.41) is 0. The fourth-order valence-corrected chi connectivity index (χ4v) is 3.58. The van der Waals surface area contributed by atoms with Gasteiger partial charge in [-0.1, -0.05) is 0 Å². The molecule has 14 heavy (non-hydrogen) atoms. The molecule has 1 aromatic heterocycles. The van der Waals surface area contributed by atoms with E-state index in [-0.39, 0.29) is 0 Å². The number of hydrogen-bond acceptors (Lipinski definition) is 2. The van der Waals surface area contributed by atoms with Crippen LogP contribution in [0.25, 0.3) is 0 Å². The minimum atomic E-state index is 0.358. The van der Waals surface area contributed by atoms with Crippen LogP contribution in [-0.4, -0.2) is 5.78 Å². The van der Waals surface area contributed by atoms with Crippen molar-refractivity contribution in [2.75, 3.05) is 0 Å². The number of Topliss-reactive ketones (excluding diaryl/α,β-unsaturated/α-hetero) is 1. The number of thiophene rings is 1. The molecule has 0 amide bonds. The molecule has 2 aliphatic rings. The van der Waals surface area contributed by atoms with Gasteiger partial charge in [-0.15, -0.1) is 11.3 Å². The van der Waals surface area contributed by atoms with Crippen LogP contribution in [0.1, 0.15) is 33.8 Å². The monoisotopic (exact) mass is 206 g/mol. The molecule has 0 N–H and O–H groups in total. The zero-order valence-electron chi connectivity index (χ0n) is 8.32. The Morgan fingerprint density at radius 3 is 2.57 bits per heavy atom. The molecule has 0 aliphatic heterocycles. The van der Waals surface area contributed by atoms with Gasteiger partial charge < -0.3 is 0 Å². The molecule has 0 spiro atoms. The summed E-state index contributed by atoms with van der Waals surface area (Å²) in [5.74, 6) is 2.59. The summed E-state index contributed by atoms with van der Waals surface area (Å²) < 4.78 is 0. The van der Waals surface area contributed by atoms with Gasteiger partial charge in [0.1, 0.15) is 0 Å². The molecular formula is C12H14OS. The van der Waals surface area contributed by atoms with Crippen molar-refractivity contribution in [1.29, 1.82) is 0 Å². The first-order chi connectivity index (χ1) is 6.74. The van der Waals surface area contributed by atoms with Crippen LogP contribution >= 0.6 is 11.3 Å². The van der Waals surface area contributed by atoms with E-state index in [1.54, 1.807) is 11.3 Å². The van der Waals surface area contributed by atoms with Crippen molar-refractivity contribution in [2.24, 2.45) is 17.8 Å². The number of rotatable bonds is 2. The van der Waals surface area contributed by atoms with E-state index >= 15 is 0 Å². The summed E-state index contributed by atoms with van der Waals surface area (Å²) >= 11 is 1.65. The van der Waals surface area contributed by atoms with Gasteiger partial charge in [0.2, 0.25) is 0 Å². The second-order valence-corrected chi connectivity index (χ2v) is 5.99. The first-order valence-corrected chi connectivity index (χ1v) is 6.16. The lowest BCUT2D eigenvalue weighted by Gasteiger charge is -2.07. The average molecular weight is 206 g/mol. The van der Waals surface area contributed by atoms with Crippen LogP contribution in [0.4, 0.5) is 0 Å². The van der Waals surface area contributed by atoms with Gasteiger partial charge in [0, 0.05) is 10.8 Å². The summed E-state index contributed by atoms with van der Waals surface area (Å²) in [4.78, 5) is 14.3. The number of hydrogen-bond donors (Lipinski definition) is 0. The van der Waals surface area contributed by atoms with E-state index in [0.717, 1.165) is 16.7 Å². The van der Waals surface area contributed by atoms with E-state index in [1.165, 1.54) is 24.1 Å². The van der Waals surface area contributed by atoms with E-state index in [4.69, 9.17) is 0 Å². The van der Waals surface area contributed by atoms with Crippen LogP contribution in [-0.2, 0) is 0 Å². The minimum absolute atomic E-state index is 0.358. The summed E-state index contributed by atoms with van der Waals surface area (Å²) in [5.41, 5.74) is 0. The first kappa shape index (κ1) is 8.66. The van der Waals surface area contributed by atoms with Gasteiger partial charge >= 0.3 is 0 Å². The van der Waals surface area contributed by atoms with Crippen LogP contribution < -0.4 is 0 Å². The summed E-state index contributed by atoms with van der Waals surface area (Å²) in [7, 11) is 0. The quantitative estimate of drug-likeness (QED) is 0.679. The Labute approximate surface area is 88.1 Å². The number of carbonyl (C=O) groups excluding carboxylic acids is 1. The normalized spacial score (nSPS) is 34.2. The Morgan fingerprint density at radius 1 is 1.29 bits per heavy atom. The highest BCUT2D eigenvalue weighted by molar-refractivity contribution is 7.14. The van der Waals surface area contributed by atoms with Crippen LogP contribution in [0.3, 0.4) is 0 Å². The van der Waals surface area contributed by atoms with Crippen molar-refractivity contribution >= 4 is 17.1 Å². The zero-order chi connectivity index (χ0) is 9.71. The highest BCUT2D eigenvalue weighted by Crippen LogP contribution is 2.55. The number of carbonyl (C=O) groups is 1. The van der Waals surface area contributed by atoms with Gasteiger partial charge in [-0.2, -0.15) is 0 Å². The molecule has 2 unspecified atom stereocenters. The van der Waals surface area contributed by atoms with Gasteiger partial charge in [0.15, 0.2) is 5.78 Å². The number of fused-ring (bicyclic) bond motifs is 1. The highest BCUT2D eigenvalue weighted by atomic mass is 32.1. The lowest BCUT2D eigenvalue weighted by Crippen LogP contribution is -2.11. The molecule has 2 aliphatic carbocycles. The Bertz CT molecular complexity index is 369. The Hall–Kier alpha value is -0.630. The molecule has 2 saturated carbocycles. The predicted molar refractivity (Wildman–Crippen MR) is 57.7 cm³/mol. The summed E-state index contributed by atoms with van der Waals surface area (Å²) in [6.45, 7) is 2.06. The average Bonchev–Trinajstić information content (AvgIpc) is 2.64. The molecule has 3 rings (SSSR count). The van der Waals surface area contributed by atoms with Gasteiger partial charge in [0.05, 0.1) is 4.88 Å². The zero-order valence-corrected chi connectivity index (χ0v) is 9.14. The van der Waals surface area contributed by atoms with Crippen LogP contribution in [0.5, 0.6) is 0 Å². The SMILES string of the molecule is Cc1ccc(C(=O)C2CC3CC3C2)s1. The van der Waals surface area contributed by atoms with Crippen LogP contribution in [0, 0.1) is 24.7 Å². The minimum Gasteiger partial charge on any atom is -0.293 e. The Balaban J connectivity index is 1.76. The van der Waals surface area contributed by atoms with Crippen LogP contribution in [0.15, 0.2) is 12.1 Å². The maximum atomic E-state index is 12.0. The maximum absolute atomic E-state index is 12.0. The fourth-order valence-electron chi connectivity index (χ4n) is 2.70. The summed E-state index contributed by atoms with van der Waals surface area (Å²) in [6.07, 6.45) is 3.73. The molecule has 0 aromatic carbocycles. The van der Waals surface area contributed by atoms with Crippen molar-refractivity contribution < 1.29 is 4.79 Å². The standard InChI is InChI=1S/C12H14OS/c1-7-2-3-11(14-7)12(13)10-5-8-4-9(8)6-10/h2-3,8-10H,4-6H2,1H3. The maximum Gasteiger partial charge on any atom is 0.175 e. The van der Waals surface area contributed by atoms with E-state index in [9.17, 15) is 4.79 Å². The molecule has 2 heteroatoms. The number of ketones is 1. The lowest BCUT2D eigenvalue weighted by atomic mass is 9.97. The van der Waals surface area contributed by atoms with Crippen molar-refractivity contribution in [3.8, 4) is 0 Å². The Morgan fingerprint density at radius 2 is 2.00 bits per heavy atom. The highest BCUT2D eigenvalue weighted by Gasteiger charge is 2.48. The molecule has 2 fully saturated rings. The lowest BCUT2D eigenvalue weighted by molar-refractivity contribution is 0.0918. The molecule has 0 saturated heterocycles. The molecule has 74 valence electrons. The molecule has 1 nitrogen and oxygen atoms in total. The molecule has 1 heterocycles. The van der Waals surface area contributed by atoms with Gasteiger partial charge in [-0.3, -0.25) is 4.79 Å². The Kier molecular flexibility index (Phi) is 1.81. The van der Waals surface area contributed by atoms with Crippen molar-refractivity contribution in [3.05, 3.63) is 21.9 Å². The fraction of sp³-hybridized carbons (Fsp3) is 0.583. The van der Waals surface area contributed by atoms with Crippen molar-refractivity contribution in [2.45, 2.75) is 26.2 Å². The smallest absolute Gasteiger partial charge is 0.175 e. The van der Waals surface area contributed by atoms with Crippen molar-refractivity contribution in [1.82, 2.24) is 0 Å². The topological polar surface area (TPSA) is 17.1 Å². The van der Waals surface area contributed by atoms with E-state index < -0.39 is 0 Å². The third kappa shape index (κ3) is 1.33. The van der Waals surface area contributed by atoms with Gasteiger partial charge in [0.25, 0.3) is 0 Å². The molecule has 2 atom stereocenters. The van der Waals surface area contributed by atoms with E-state index in [2.05, 4.69) is 6.92 Å². The molecular weight excluding hydrogens is 192 g/mol. The molecule has 0 radical (unpaired) electrons. The second kappa shape index (κ2) is 2.93. The van der Waals surface area contributed by atoms with E-state index in [1.807, 2.05) is 12.1 Å². The first-order valence-electron chi connectivity index (χ1n) is 5.34. The number of aryl methyl sites for hydroxylation is 1. The third-order valence-corrected chi connectivity index (χ3v) is 4.61. The predicted octanol–water partition coefficient (Wildman–Crippen LogP) is 3.29. The van der Waals surface area contributed by atoms with Crippen LogP contribution in [0.2, 0.25) is 0 Å². The largest absolute Gasteiger partial charge is 0.293 e.